The molecule has 1 aliphatic heterocycles. The third-order valence-corrected chi connectivity index (χ3v) is 4.36. The first-order valence-corrected chi connectivity index (χ1v) is 8.90. The predicted octanol–water partition coefficient (Wildman–Crippen LogP) is 4.81. The van der Waals surface area contributed by atoms with Gasteiger partial charge in [-0.3, -0.25) is 0 Å². The zero-order valence-corrected chi connectivity index (χ0v) is 14.7. The van der Waals surface area contributed by atoms with Crippen LogP contribution >= 0.6 is 0 Å². The van der Waals surface area contributed by atoms with Crippen LogP contribution in [0.25, 0.3) is 0 Å². The minimum absolute atomic E-state index is 0.478. The Kier molecular flexibility index (Phi) is 5.33. The van der Waals surface area contributed by atoms with Crippen LogP contribution in [0.5, 0.6) is 0 Å². The van der Waals surface area contributed by atoms with Crippen molar-refractivity contribution in [2.75, 3.05) is 0 Å². The molecule has 27 heavy (non-hydrogen) atoms. The van der Waals surface area contributed by atoms with Gasteiger partial charge in [-0.15, -0.1) is 0 Å². The summed E-state index contributed by atoms with van der Waals surface area (Å²) in [5, 5.41) is 10.5. The van der Waals surface area contributed by atoms with Gasteiger partial charge in [0.05, 0.1) is 6.42 Å². The molecule has 4 rings (SSSR count). The smallest absolute Gasteiger partial charge is 0.208 e. The first-order valence-electron chi connectivity index (χ1n) is 8.90. The van der Waals surface area contributed by atoms with Gasteiger partial charge in [0.25, 0.3) is 0 Å². The van der Waals surface area contributed by atoms with Gasteiger partial charge in [0.1, 0.15) is 11.9 Å². The first-order chi connectivity index (χ1) is 13.3. The lowest BCUT2D eigenvalue weighted by Gasteiger charge is -2.23. The van der Waals surface area contributed by atoms with Gasteiger partial charge in [0.15, 0.2) is 6.10 Å². The van der Waals surface area contributed by atoms with Crippen LogP contribution in [0.3, 0.4) is 0 Å². The standard InChI is InChI=1S/C24H20O3/c25-23(18-10-4-1-5-11-18)21-16-17-22(26-21)27-24(19-12-6-2-7-13-19)20-14-8-3-9-15-20/h1-17,22-23,25H. The summed E-state index contributed by atoms with van der Waals surface area (Å²) in [5.41, 5.74) is 2.73. The molecule has 3 aromatic carbocycles. The predicted molar refractivity (Wildman–Crippen MR) is 104 cm³/mol. The quantitative estimate of drug-likeness (QED) is 0.689. The molecule has 0 bridgehead atoms. The fourth-order valence-corrected chi connectivity index (χ4v) is 3.00. The van der Waals surface area contributed by atoms with E-state index in [4.69, 9.17) is 9.47 Å². The Morgan fingerprint density at radius 1 is 0.778 bits per heavy atom. The molecule has 1 heterocycles. The molecule has 1 aliphatic rings. The second kappa shape index (κ2) is 8.21. The molecular weight excluding hydrogens is 336 g/mol. The maximum atomic E-state index is 10.5. The minimum atomic E-state index is -0.812. The van der Waals surface area contributed by atoms with E-state index in [2.05, 4.69) is 0 Å². The molecule has 2 atom stereocenters. The fraction of sp³-hybridized carbons (Fsp3) is 0.0833. The van der Waals surface area contributed by atoms with Gasteiger partial charge in [-0.1, -0.05) is 91.0 Å². The number of rotatable bonds is 6. The van der Waals surface area contributed by atoms with Gasteiger partial charge >= 0.3 is 0 Å². The van der Waals surface area contributed by atoms with Crippen molar-refractivity contribution in [2.24, 2.45) is 0 Å². The molecule has 0 fully saturated rings. The summed E-state index contributed by atoms with van der Waals surface area (Å²) in [6.45, 7) is 0. The minimum Gasteiger partial charge on any atom is -0.466 e. The number of ether oxygens (including phenoxy) is 2. The Morgan fingerprint density at radius 2 is 1.30 bits per heavy atom. The van der Waals surface area contributed by atoms with E-state index in [1.165, 1.54) is 0 Å². The topological polar surface area (TPSA) is 38.7 Å². The van der Waals surface area contributed by atoms with Crippen molar-refractivity contribution in [1.82, 2.24) is 0 Å². The molecule has 0 amide bonds. The molecule has 0 spiro atoms. The summed E-state index contributed by atoms with van der Waals surface area (Å²) in [7, 11) is 0. The third kappa shape index (κ3) is 4.11. The Labute approximate surface area is 159 Å². The molecule has 2 radical (unpaired) electrons. The van der Waals surface area contributed by atoms with Gasteiger partial charge in [0, 0.05) is 0 Å². The lowest BCUT2D eigenvalue weighted by atomic mass is 10.0. The molecule has 1 N–H and O–H groups in total. The number of aliphatic hydroxyl groups excluding tert-OH is 1. The molecule has 0 saturated carbocycles. The monoisotopic (exact) mass is 356 g/mol. The third-order valence-electron chi connectivity index (χ3n) is 4.36. The van der Waals surface area contributed by atoms with Crippen LogP contribution in [0.4, 0.5) is 0 Å². The van der Waals surface area contributed by atoms with Crippen molar-refractivity contribution in [3.05, 3.63) is 132 Å². The summed E-state index contributed by atoms with van der Waals surface area (Å²) < 4.78 is 12.0. The van der Waals surface area contributed by atoms with Crippen LogP contribution < -0.4 is 0 Å². The van der Waals surface area contributed by atoms with Gasteiger partial charge in [-0.05, 0) is 22.8 Å². The molecule has 0 aromatic heterocycles. The fourth-order valence-electron chi connectivity index (χ4n) is 3.00. The van der Waals surface area contributed by atoms with Crippen LogP contribution in [0, 0.1) is 12.5 Å². The van der Waals surface area contributed by atoms with Crippen molar-refractivity contribution in [3.8, 4) is 0 Å². The molecule has 134 valence electrons. The Morgan fingerprint density at radius 3 is 1.85 bits per heavy atom. The molecule has 0 saturated heterocycles. The van der Waals surface area contributed by atoms with E-state index < -0.39 is 12.4 Å². The first kappa shape index (κ1) is 17.5. The average Bonchev–Trinajstić information content (AvgIpc) is 3.22. The second-order valence-electron chi connectivity index (χ2n) is 6.24. The number of hydrogen-bond donors (Lipinski definition) is 1. The highest BCUT2D eigenvalue weighted by atomic mass is 16.7. The highest BCUT2D eigenvalue weighted by molar-refractivity contribution is 5.42. The van der Waals surface area contributed by atoms with Gasteiger partial charge < -0.3 is 14.6 Å². The zero-order valence-electron chi connectivity index (χ0n) is 14.7. The van der Waals surface area contributed by atoms with Crippen LogP contribution in [-0.4, -0.2) is 11.4 Å². The average molecular weight is 356 g/mol. The molecular formula is C24H20O3. The normalized spacial score (nSPS) is 17.4. The highest BCUT2D eigenvalue weighted by Gasteiger charge is 2.29. The SMILES string of the molecule is OC(C1=C[CH]C(O[C](c2ccccc2)c2ccccc2)O1)c1ccccc1. The van der Waals surface area contributed by atoms with Crippen molar-refractivity contribution in [3.63, 3.8) is 0 Å². The summed E-state index contributed by atoms with van der Waals surface area (Å²) in [4.78, 5) is 0. The van der Waals surface area contributed by atoms with Crippen LogP contribution in [0.1, 0.15) is 22.8 Å². The lowest BCUT2D eigenvalue weighted by Crippen LogP contribution is -2.19. The van der Waals surface area contributed by atoms with Gasteiger partial charge in [0.2, 0.25) is 6.29 Å². The van der Waals surface area contributed by atoms with E-state index in [0.29, 0.717) is 5.76 Å². The van der Waals surface area contributed by atoms with E-state index in [1.54, 1.807) is 6.08 Å². The van der Waals surface area contributed by atoms with Crippen molar-refractivity contribution < 1.29 is 14.6 Å². The number of aliphatic hydroxyl groups is 1. The van der Waals surface area contributed by atoms with E-state index in [-0.39, 0.29) is 0 Å². The molecule has 3 nitrogen and oxygen atoms in total. The van der Waals surface area contributed by atoms with Crippen molar-refractivity contribution >= 4 is 0 Å². The molecule has 3 heteroatoms. The summed E-state index contributed by atoms with van der Waals surface area (Å²) in [6.07, 6.45) is 2.92. The maximum Gasteiger partial charge on any atom is 0.208 e. The maximum absolute atomic E-state index is 10.5. The van der Waals surface area contributed by atoms with Crippen molar-refractivity contribution in [2.45, 2.75) is 12.4 Å². The summed E-state index contributed by atoms with van der Waals surface area (Å²) >= 11 is 0. The van der Waals surface area contributed by atoms with Crippen LogP contribution in [-0.2, 0) is 9.47 Å². The Balaban J connectivity index is 1.49. The number of hydrogen-bond acceptors (Lipinski definition) is 3. The lowest BCUT2D eigenvalue weighted by molar-refractivity contribution is -0.0771. The molecule has 2 unspecified atom stereocenters. The van der Waals surface area contributed by atoms with Gasteiger partial charge in [-0.25, -0.2) is 0 Å². The van der Waals surface area contributed by atoms with E-state index in [0.717, 1.165) is 22.8 Å². The van der Waals surface area contributed by atoms with Crippen molar-refractivity contribution in [1.29, 1.82) is 0 Å². The largest absolute Gasteiger partial charge is 0.466 e. The molecule has 0 aliphatic carbocycles. The Bertz CT molecular complexity index is 836. The Hall–Kier alpha value is -2.88. The number of benzene rings is 3. The van der Waals surface area contributed by atoms with E-state index >= 15 is 0 Å². The second-order valence-corrected chi connectivity index (χ2v) is 6.24. The van der Waals surface area contributed by atoms with Crippen LogP contribution in [0.15, 0.2) is 103 Å². The van der Waals surface area contributed by atoms with E-state index in [1.807, 2.05) is 97.4 Å². The zero-order chi connectivity index (χ0) is 18.5. The summed E-state index contributed by atoms with van der Waals surface area (Å²) in [6, 6.07) is 29.3. The van der Waals surface area contributed by atoms with Crippen LogP contribution in [0.2, 0.25) is 0 Å². The van der Waals surface area contributed by atoms with E-state index in [9.17, 15) is 5.11 Å². The highest BCUT2D eigenvalue weighted by Crippen LogP contribution is 2.33. The van der Waals surface area contributed by atoms with Gasteiger partial charge in [-0.2, -0.15) is 0 Å². The summed E-state index contributed by atoms with van der Waals surface area (Å²) in [5.74, 6) is 0.478. The molecule has 3 aromatic rings.